The topological polar surface area (TPSA) is 9.23 Å². The van der Waals surface area contributed by atoms with Gasteiger partial charge in [0.25, 0.3) is 0 Å². The molecule has 0 spiro atoms. The van der Waals surface area contributed by atoms with E-state index in [1.165, 1.54) is 43.2 Å². The lowest BCUT2D eigenvalue weighted by Gasteiger charge is -2.28. The smallest absolute Gasteiger partial charge is 0.0717 e. The Bertz CT molecular complexity index is 449. The molecular weight excluding hydrogens is 268 g/mol. The van der Waals surface area contributed by atoms with Crippen LogP contribution in [0.15, 0.2) is 49.1 Å². The number of allylic oxidation sites excluding steroid dienone is 2. The number of rotatable bonds is 8. The third-order valence-corrected chi connectivity index (χ3v) is 4.74. The lowest BCUT2D eigenvalue weighted by atomic mass is 9.77. The van der Waals surface area contributed by atoms with E-state index in [1.54, 1.807) is 0 Å². The van der Waals surface area contributed by atoms with E-state index >= 15 is 0 Å². The SMILES string of the molecule is C=CCCOCc1ccc([C@H]2CC[C@H](C/C=C/C)CC2)cc1. The van der Waals surface area contributed by atoms with Crippen molar-refractivity contribution in [2.24, 2.45) is 5.92 Å². The Balaban J connectivity index is 1.77. The number of ether oxygens (including phenoxy) is 1. The fourth-order valence-corrected chi connectivity index (χ4v) is 3.30. The zero-order valence-electron chi connectivity index (χ0n) is 14.0. The first-order valence-electron chi connectivity index (χ1n) is 8.72. The number of hydrogen-bond acceptors (Lipinski definition) is 1. The molecular formula is C21H30O. The van der Waals surface area contributed by atoms with Gasteiger partial charge in [0.1, 0.15) is 0 Å². The summed E-state index contributed by atoms with van der Waals surface area (Å²) in [5, 5.41) is 0. The van der Waals surface area contributed by atoms with Crippen molar-refractivity contribution in [1.82, 2.24) is 0 Å². The number of hydrogen-bond donors (Lipinski definition) is 0. The molecule has 1 nitrogen and oxygen atoms in total. The summed E-state index contributed by atoms with van der Waals surface area (Å²) in [5.41, 5.74) is 2.79. The Hall–Kier alpha value is -1.34. The minimum absolute atomic E-state index is 0.713. The lowest BCUT2D eigenvalue weighted by Crippen LogP contribution is -2.12. The van der Waals surface area contributed by atoms with Gasteiger partial charge in [-0.2, -0.15) is 0 Å². The van der Waals surface area contributed by atoms with Crippen LogP contribution in [0.1, 0.15) is 62.5 Å². The van der Waals surface area contributed by atoms with Gasteiger partial charge in [-0.3, -0.25) is 0 Å². The second-order valence-electron chi connectivity index (χ2n) is 6.39. The fourth-order valence-electron chi connectivity index (χ4n) is 3.30. The molecule has 0 aromatic heterocycles. The first-order chi connectivity index (χ1) is 10.8. The highest BCUT2D eigenvalue weighted by atomic mass is 16.5. The van der Waals surface area contributed by atoms with Crippen LogP contribution >= 0.6 is 0 Å². The molecule has 2 rings (SSSR count). The Labute approximate surface area is 136 Å². The third-order valence-electron chi connectivity index (χ3n) is 4.74. The average molecular weight is 298 g/mol. The highest BCUT2D eigenvalue weighted by Crippen LogP contribution is 2.37. The molecule has 0 aliphatic heterocycles. The zero-order valence-corrected chi connectivity index (χ0v) is 14.0. The quantitative estimate of drug-likeness (QED) is 0.421. The third kappa shape index (κ3) is 5.46. The Morgan fingerprint density at radius 3 is 2.50 bits per heavy atom. The highest BCUT2D eigenvalue weighted by molar-refractivity contribution is 5.25. The first-order valence-corrected chi connectivity index (χ1v) is 8.72. The maximum atomic E-state index is 5.62. The minimum Gasteiger partial charge on any atom is -0.376 e. The number of benzene rings is 1. The fraction of sp³-hybridized carbons (Fsp3) is 0.524. The van der Waals surface area contributed by atoms with Crippen LogP contribution in [-0.4, -0.2) is 6.61 Å². The summed E-state index contributed by atoms with van der Waals surface area (Å²) in [6.45, 7) is 7.30. The molecule has 0 radical (unpaired) electrons. The predicted octanol–water partition coefficient (Wildman–Crippen LogP) is 6.02. The molecule has 0 atom stereocenters. The second kappa shape index (κ2) is 9.63. The van der Waals surface area contributed by atoms with Gasteiger partial charge >= 0.3 is 0 Å². The van der Waals surface area contributed by atoms with Crippen molar-refractivity contribution in [2.75, 3.05) is 6.61 Å². The molecule has 1 aromatic carbocycles. The molecule has 1 saturated carbocycles. The van der Waals surface area contributed by atoms with Crippen LogP contribution in [0.4, 0.5) is 0 Å². The molecule has 1 aromatic rings. The van der Waals surface area contributed by atoms with E-state index in [9.17, 15) is 0 Å². The molecule has 1 aliphatic rings. The van der Waals surface area contributed by atoms with Crippen molar-refractivity contribution in [3.8, 4) is 0 Å². The summed E-state index contributed by atoms with van der Waals surface area (Å²) in [4.78, 5) is 0. The maximum absolute atomic E-state index is 5.62. The van der Waals surface area contributed by atoms with Crippen molar-refractivity contribution < 1.29 is 4.74 Å². The van der Waals surface area contributed by atoms with Gasteiger partial charge in [0.15, 0.2) is 0 Å². The van der Waals surface area contributed by atoms with Crippen LogP contribution in [0.3, 0.4) is 0 Å². The molecule has 1 heteroatoms. The molecule has 0 saturated heterocycles. The summed E-state index contributed by atoms with van der Waals surface area (Å²) in [6.07, 6.45) is 14.0. The van der Waals surface area contributed by atoms with Gasteiger partial charge in [0.05, 0.1) is 13.2 Å². The summed E-state index contributed by atoms with van der Waals surface area (Å²) >= 11 is 0. The van der Waals surface area contributed by atoms with Crippen LogP contribution in [0.25, 0.3) is 0 Å². The summed E-state index contributed by atoms with van der Waals surface area (Å²) in [6, 6.07) is 9.08. The molecule has 0 amide bonds. The van der Waals surface area contributed by atoms with Crippen LogP contribution in [0, 0.1) is 5.92 Å². The molecule has 0 N–H and O–H groups in total. The van der Waals surface area contributed by atoms with Crippen LogP contribution in [-0.2, 0) is 11.3 Å². The van der Waals surface area contributed by atoms with E-state index < -0.39 is 0 Å². The predicted molar refractivity (Wildman–Crippen MR) is 95.0 cm³/mol. The lowest BCUT2D eigenvalue weighted by molar-refractivity contribution is 0.125. The average Bonchev–Trinajstić information content (AvgIpc) is 2.58. The first kappa shape index (κ1) is 17.0. The second-order valence-corrected chi connectivity index (χ2v) is 6.39. The maximum Gasteiger partial charge on any atom is 0.0717 e. The van der Waals surface area contributed by atoms with E-state index in [2.05, 4.69) is 49.9 Å². The largest absolute Gasteiger partial charge is 0.376 e. The molecule has 0 heterocycles. The monoisotopic (exact) mass is 298 g/mol. The van der Waals surface area contributed by atoms with Gasteiger partial charge < -0.3 is 4.74 Å². The van der Waals surface area contributed by atoms with Crippen molar-refractivity contribution in [2.45, 2.75) is 58.0 Å². The highest BCUT2D eigenvalue weighted by Gasteiger charge is 2.21. The summed E-state index contributed by atoms with van der Waals surface area (Å²) in [7, 11) is 0. The van der Waals surface area contributed by atoms with Crippen LogP contribution < -0.4 is 0 Å². The molecule has 1 fully saturated rings. The summed E-state index contributed by atoms with van der Waals surface area (Å²) in [5.74, 6) is 1.67. The normalized spacial score (nSPS) is 22.0. The van der Waals surface area contributed by atoms with E-state index in [-0.39, 0.29) is 0 Å². The van der Waals surface area contributed by atoms with E-state index in [4.69, 9.17) is 4.74 Å². The summed E-state index contributed by atoms with van der Waals surface area (Å²) < 4.78 is 5.62. The van der Waals surface area contributed by atoms with Crippen molar-refractivity contribution in [3.63, 3.8) is 0 Å². The van der Waals surface area contributed by atoms with E-state index in [0.29, 0.717) is 6.61 Å². The van der Waals surface area contributed by atoms with Crippen LogP contribution in [0.2, 0.25) is 0 Å². The molecule has 0 unspecified atom stereocenters. The molecule has 22 heavy (non-hydrogen) atoms. The van der Waals surface area contributed by atoms with Gasteiger partial charge in [0.2, 0.25) is 0 Å². The Morgan fingerprint density at radius 2 is 1.86 bits per heavy atom. The van der Waals surface area contributed by atoms with Gasteiger partial charge in [-0.15, -0.1) is 6.58 Å². The zero-order chi connectivity index (χ0) is 15.6. The molecule has 120 valence electrons. The molecule has 0 bridgehead atoms. The Morgan fingerprint density at radius 1 is 1.14 bits per heavy atom. The molecule has 1 aliphatic carbocycles. The minimum atomic E-state index is 0.713. The van der Waals surface area contributed by atoms with E-state index in [1.807, 2.05) is 6.08 Å². The van der Waals surface area contributed by atoms with Gasteiger partial charge in [-0.25, -0.2) is 0 Å². The van der Waals surface area contributed by atoms with E-state index in [0.717, 1.165) is 24.9 Å². The van der Waals surface area contributed by atoms with Crippen molar-refractivity contribution in [3.05, 3.63) is 60.2 Å². The van der Waals surface area contributed by atoms with Crippen molar-refractivity contribution in [1.29, 1.82) is 0 Å². The van der Waals surface area contributed by atoms with Gasteiger partial charge in [0, 0.05) is 0 Å². The van der Waals surface area contributed by atoms with Gasteiger partial charge in [-0.1, -0.05) is 42.5 Å². The standard InChI is InChI=1S/C21H30O/c1-3-5-7-18-8-12-20(13-9-18)21-14-10-19(11-15-21)17-22-16-6-4-2/h3-5,10-11,14-15,18,20H,2,6-9,12-13,16-17H2,1H3/b5-3+/t18-,20-. The van der Waals surface area contributed by atoms with Crippen molar-refractivity contribution >= 4 is 0 Å². The van der Waals surface area contributed by atoms with Gasteiger partial charge in [-0.05, 0) is 68.4 Å². The Kier molecular flexibility index (Phi) is 7.45. The van der Waals surface area contributed by atoms with Crippen LogP contribution in [0.5, 0.6) is 0 Å².